The van der Waals surface area contributed by atoms with E-state index in [9.17, 15) is 9.90 Å². The number of hydrogen-bond donors (Lipinski definition) is 2. The minimum absolute atomic E-state index is 0.0927. The van der Waals surface area contributed by atoms with E-state index in [1.807, 2.05) is 42.5 Å². The number of rotatable bonds is 6. The van der Waals surface area contributed by atoms with Crippen molar-refractivity contribution >= 4 is 17.7 Å². The lowest BCUT2D eigenvalue weighted by molar-refractivity contribution is 0.0869. The molecule has 0 saturated carbocycles. The van der Waals surface area contributed by atoms with Crippen molar-refractivity contribution in [2.24, 2.45) is 0 Å². The van der Waals surface area contributed by atoms with E-state index in [0.717, 1.165) is 5.75 Å². The molecule has 0 atom stereocenters. The molecule has 0 radical (unpaired) electrons. The molecule has 0 unspecified atom stereocenters. The average molecular weight is 315 g/mol. The predicted octanol–water partition coefficient (Wildman–Crippen LogP) is 3.48. The molecule has 116 valence electrons. The van der Waals surface area contributed by atoms with Gasteiger partial charge in [0.1, 0.15) is 0 Å². The molecule has 22 heavy (non-hydrogen) atoms. The molecule has 4 heteroatoms. The molecule has 2 aromatic rings. The Hall–Kier alpha value is -1.78. The van der Waals surface area contributed by atoms with E-state index in [0.29, 0.717) is 5.56 Å². The van der Waals surface area contributed by atoms with E-state index in [-0.39, 0.29) is 12.5 Å². The molecule has 0 saturated heterocycles. The standard InChI is InChI=1S/C18H21NO2S/c1-18(2,13-20)19-17(21)15-10-8-14(9-11-15)12-22-16-6-4-3-5-7-16/h3-11,20H,12-13H2,1-2H3,(H,19,21). The van der Waals surface area contributed by atoms with Gasteiger partial charge in [-0.2, -0.15) is 0 Å². The van der Waals surface area contributed by atoms with Crippen LogP contribution in [0.4, 0.5) is 0 Å². The van der Waals surface area contributed by atoms with Crippen LogP contribution in [0.3, 0.4) is 0 Å². The Morgan fingerprint density at radius 1 is 1.09 bits per heavy atom. The van der Waals surface area contributed by atoms with Crippen molar-refractivity contribution in [3.8, 4) is 0 Å². The first-order valence-corrected chi connectivity index (χ1v) is 8.19. The van der Waals surface area contributed by atoms with Crippen LogP contribution in [0.25, 0.3) is 0 Å². The summed E-state index contributed by atoms with van der Waals surface area (Å²) in [7, 11) is 0. The van der Waals surface area contributed by atoms with Gasteiger partial charge in [0.2, 0.25) is 0 Å². The SMILES string of the molecule is CC(C)(CO)NC(=O)c1ccc(CSc2ccccc2)cc1. The molecule has 0 aromatic heterocycles. The fraction of sp³-hybridized carbons (Fsp3) is 0.278. The zero-order chi connectivity index (χ0) is 16.0. The van der Waals surface area contributed by atoms with Gasteiger partial charge in [0.15, 0.2) is 0 Å². The lowest BCUT2D eigenvalue weighted by Crippen LogP contribution is -2.46. The zero-order valence-corrected chi connectivity index (χ0v) is 13.7. The van der Waals surface area contributed by atoms with Gasteiger partial charge in [-0.25, -0.2) is 0 Å². The van der Waals surface area contributed by atoms with Gasteiger partial charge in [-0.3, -0.25) is 4.79 Å². The summed E-state index contributed by atoms with van der Waals surface area (Å²) in [5.41, 5.74) is 1.17. The second-order valence-electron chi connectivity index (χ2n) is 5.79. The summed E-state index contributed by atoms with van der Waals surface area (Å²) in [4.78, 5) is 13.3. The smallest absolute Gasteiger partial charge is 0.251 e. The minimum atomic E-state index is -0.612. The summed E-state index contributed by atoms with van der Waals surface area (Å²) in [6.45, 7) is 3.48. The number of carbonyl (C=O) groups is 1. The van der Waals surface area contributed by atoms with E-state index in [2.05, 4.69) is 17.4 Å². The summed E-state index contributed by atoms with van der Waals surface area (Å²) in [5.74, 6) is 0.704. The molecule has 0 bridgehead atoms. The Labute approximate surface area is 135 Å². The summed E-state index contributed by atoms with van der Waals surface area (Å²) in [6.07, 6.45) is 0. The third kappa shape index (κ3) is 4.90. The maximum Gasteiger partial charge on any atom is 0.251 e. The number of amides is 1. The fourth-order valence-corrected chi connectivity index (χ4v) is 2.73. The summed E-state index contributed by atoms with van der Waals surface area (Å²) >= 11 is 1.77. The molecule has 3 nitrogen and oxygen atoms in total. The van der Waals surface area contributed by atoms with E-state index >= 15 is 0 Å². The van der Waals surface area contributed by atoms with Crippen LogP contribution in [0.5, 0.6) is 0 Å². The number of aliphatic hydroxyl groups is 1. The highest BCUT2D eigenvalue weighted by Crippen LogP contribution is 2.22. The van der Waals surface area contributed by atoms with E-state index in [4.69, 9.17) is 0 Å². The van der Waals surface area contributed by atoms with Crippen LogP contribution in [0.1, 0.15) is 29.8 Å². The van der Waals surface area contributed by atoms with Crippen molar-refractivity contribution in [2.75, 3.05) is 6.61 Å². The third-order valence-corrected chi connectivity index (χ3v) is 4.30. The van der Waals surface area contributed by atoms with Crippen LogP contribution in [0.2, 0.25) is 0 Å². The topological polar surface area (TPSA) is 49.3 Å². The van der Waals surface area contributed by atoms with Crippen molar-refractivity contribution in [2.45, 2.75) is 30.0 Å². The van der Waals surface area contributed by atoms with Crippen LogP contribution >= 0.6 is 11.8 Å². The largest absolute Gasteiger partial charge is 0.394 e. The molecule has 0 fully saturated rings. The van der Waals surface area contributed by atoms with E-state index in [1.54, 1.807) is 25.6 Å². The number of aliphatic hydroxyl groups excluding tert-OH is 1. The molecule has 2 N–H and O–H groups in total. The lowest BCUT2D eigenvalue weighted by atomic mass is 10.1. The number of hydrogen-bond acceptors (Lipinski definition) is 3. The molecule has 2 aromatic carbocycles. The third-order valence-electron chi connectivity index (χ3n) is 3.21. The molecule has 0 aliphatic rings. The first-order chi connectivity index (χ1) is 10.5. The molecule has 1 amide bonds. The van der Waals surface area contributed by atoms with Gasteiger partial charge >= 0.3 is 0 Å². The summed E-state index contributed by atoms with van der Waals surface area (Å²) in [5, 5.41) is 12.0. The number of thioether (sulfide) groups is 1. The van der Waals surface area contributed by atoms with Crippen molar-refractivity contribution in [3.05, 3.63) is 65.7 Å². The number of benzene rings is 2. The Balaban J connectivity index is 1.94. The van der Waals surface area contributed by atoms with E-state index < -0.39 is 5.54 Å². The maximum absolute atomic E-state index is 12.1. The van der Waals surface area contributed by atoms with Crippen molar-refractivity contribution < 1.29 is 9.90 Å². The van der Waals surface area contributed by atoms with Gasteiger partial charge in [-0.05, 0) is 43.7 Å². The first-order valence-electron chi connectivity index (χ1n) is 7.20. The Kier molecular flexibility index (Phi) is 5.63. The van der Waals surface area contributed by atoms with Crippen LogP contribution in [-0.4, -0.2) is 23.2 Å². The van der Waals surface area contributed by atoms with Gasteiger partial charge in [0.25, 0.3) is 5.91 Å². The fourth-order valence-electron chi connectivity index (χ4n) is 1.85. The first kappa shape index (κ1) is 16.6. The lowest BCUT2D eigenvalue weighted by Gasteiger charge is -2.23. The van der Waals surface area contributed by atoms with E-state index in [1.165, 1.54) is 10.5 Å². The van der Waals surface area contributed by atoms with Gasteiger partial charge in [-0.1, -0.05) is 30.3 Å². The van der Waals surface area contributed by atoms with Gasteiger partial charge in [-0.15, -0.1) is 11.8 Å². The summed E-state index contributed by atoms with van der Waals surface area (Å²) < 4.78 is 0. The minimum Gasteiger partial charge on any atom is -0.394 e. The van der Waals surface area contributed by atoms with Crippen molar-refractivity contribution in [1.29, 1.82) is 0 Å². The quantitative estimate of drug-likeness (QED) is 0.802. The second-order valence-corrected chi connectivity index (χ2v) is 6.84. The molecular weight excluding hydrogens is 294 g/mol. The molecular formula is C18H21NO2S. The number of carbonyl (C=O) groups excluding carboxylic acids is 1. The van der Waals surface area contributed by atoms with Crippen LogP contribution in [0, 0.1) is 0 Å². The Bertz CT molecular complexity index is 609. The molecule has 0 aliphatic heterocycles. The molecule has 0 aliphatic carbocycles. The predicted molar refractivity (Wildman–Crippen MR) is 91.1 cm³/mol. The normalized spacial score (nSPS) is 11.2. The molecule has 2 rings (SSSR count). The molecule has 0 spiro atoms. The highest BCUT2D eigenvalue weighted by molar-refractivity contribution is 7.98. The number of nitrogens with one attached hydrogen (secondary N) is 1. The van der Waals surface area contributed by atoms with Crippen molar-refractivity contribution in [1.82, 2.24) is 5.32 Å². The monoisotopic (exact) mass is 315 g/mol. The van der Waals surface area contributed by atoms with Gasteiger partial charge in [0, 0.05) is 16.2 Å². The van der Waals surface area contributed by atoms with Gasteiger partial charge in [0.05, 0.1) is 12.1 Å². The Morgan fingerprint density at radius 3 is 2.32 bits per heavy atom. The average Bonchev–Trinajstić information content (AvgIpc) is 2.54. The summed E-state index contributed by atoms with van der Waals surface area (Å²) in [6, 6.07) is 17.8. The Morgan fingerprint density at radius 2 is 1.73 bits per heavy atom. The van der Waals surface area contributed by atoms with Crippen LogP contribution < -0.4 is 5.32 Å². The maximum atomic E-state index is 12.1. The van der Waals surface area contributed by atoms with Gasteiger partial charge < -0.3 is 10.4 Å². The second kappa shape index (κ2) is 7.47. The zero-order valence-electron chi connectivity index (χ0n) is 12.9. The van der Waals surface area contributed by atoms with Crippen molar-refractivity contribution in [3.63, 3.8) is 0 Å². The highest BCUT2D eigenvalue weighted by Gasteiger charge is 2.19. The highest BCUT2D eigenvalue weighted by atomic mass is 32.2. The molecule has 0 heterocycles. The van der Waals surface area contributed by atoms with Crippen LogP contribution in [0.15, 0.2) is 59.5 Å². The van der Waals surface area contributed by atoms with Crippen LogP contribution in [-0.2, 0) is 5.75 Å².